The molecule has 39 heavy (non-hydrogen) atoms. The van der Waals surface area contributed by atoms with Crippen LogP contribution in [-0.2, 0) is 34.0 Å². The number of halogens is 1. The minimum atomic E-state index is -4.44. The molecular formula is C25H28ClN3O9S. The van der Waals surface area contributed by atoms with Gasteiger partial charge in [0.25, 0.3) is 0 Å². The number of nitrogens with zero attached hydrogens (tertiary/aromatic N) is 1. The van der Waals surface area contributed by atoms with E-state index in [0.29, 0.717) is 20.6 Å². The van der Waals surface area contributed by atoms with Crippen LogP contribution in [0.4, 0.5) is 0 Å². The molecule has 12 nitrogen and oxygen atoms in total. The molecule has 14 heteroatoms. The molecule has 0 saturated heterocycles. The van der Waals surface area contributed by atoms with Gasteiger partial charge in [-0.05, 0) is 37.6 Å². The van der Waals surface area contributed by atoms with Crippen LogP contribution in [0.2, 0.25) is 5.02 Å². The third-order valence-corrected chi connectivity index (χ3v) is 7.02. The molecule has 1 unspecified atom stereocenters. The number of benzene rings is 1. The molecule has 1 aromatic heterocycles. The molecule has 2 heterocycles. The Hall–Kier alpha value is -3.65. The molecule has 1 atom stereocenters. The van der Waals surface area contributed by atoms with E-state index in [1.807, 2.05) is 0 Å². The van der Waals surface area contributed by atoms with E-state index in [9.17, 15) is 22.8 Å². The van der Waals surface area contributed by atoms with Crippen molar-refractivity contribution in [3.05, 3.63) is 81.5 Å². The lowest BCUT2D eigenvalue weighted by atomic mass is 9.80. The van der Waals surface area contributed by atoms with Crippen LogP contribution in [0.15, 0.2) is 69.6 Å². The second-order valence-corrected chi connectivity index (χ2v) is 10.1. The summed E-state index contributed by atoms with van der Waals surface area (Å²) in [5.74, 6) is -3.53. The molecule has 0 spiro atoms. The molecular weight excluding hydrogens is 554 g/mol. The Bertz CT molecular complexity index is 1400. The molecule has 0 radical (unpaired) electrons. The number of hydrogen-bond donors (Lipinski definition) is 2. The third kappa shape index (κ3) is 6.87. The number of dihydropyridines is 1. The topological polar surface area (TPSA) is 167 Å². The number of nitrogens with one attached hydrogen (secondary N) is 1. The van der Waals surface area contributed by atoms with Crippen LogP contribution >= 0.6 is 11.6 Å². The maximum absolute atomic E-state index is 13.2. The number of esters is 2. The number of nitrogens with two attached hydrogens (primary N) is 1. The highest BCUT2D eigenvalue weighted by Crippen LogP contribution is 2.41. The highest BCUT2D eigenvalue weighted by molar-refractivity contribution is 7.87. The van der Waals surface area contributed by atoms with Crippen molar-refractivity contribution in [1.29, 1.82) is 0 Å². The van der Waals surface area contributed by atoms with Crippen LogP contribution < -0.4 is 10.5 Å². The van der Waals surface area contributed by atoms with Gasteiger partial charge in [0.2, 0.25) is 0 Å². The lowest BCUT2D eigenvalue weighted by Gasteiger charge is -2.31. The predicted molar refractivity (Wildman–Crippen MR) is 139 cm³/mol. The van der Waals surface area contributed by atoms with Crippen LogP contribution in [0.25, 0.3) is 0 Å². The number of furan rings is 1. The van der Waals surface area contributed by atoms with E-state index in [4.69, 9.17) is 35.4 Å². The summed E-state index contributed by atoms with van der Waals surface area (Å²) >= 11 is 6.47. The smallest absolute Gasteiger partial charge is 0.336 e. The first-order chi connectivity index (χ1) is 18.5. The van der Waals surface area contributed by atoms with Gasteiger partial charge in [-0.25, -0.2) is 19.0 Å². The highest BCUT2D eigenvalue weighted by atomic mass is 35.5. The SMILES string of the molecule is CCOC(=O)C1=C(COCCN(C(=O)c2ccco2)S(N)(=O)=O)NC(C)=C(C(=O)OC)C1c1ccccc1Cl. The molecule has 0 saturated carbocycles. The van der Waals surface area contributed by atoms with Gasteiger partial charge in [0, 0.05) is 10.7 Å². The number of hydrogen-bond acceptors (Lipinski definition) is 10. The monoisotopic (exact) mass is 581 g/mol. The molecule has 2 aromatic rings. The summed E-state index contributed by atoms with van der Waals surface area (Å²) in [6, 6.07) is 9.45. The Labute approximate surface area is 230 Å². The van der Waals surface area contributed by atoms with Gasteiger partial charge >= 0.3 is 28.1 Å². The Morgan fingerprint density at radius 2 is 1.85 bits per heavy atom. The molecule has 1 aliphatic heterocycles. The average Bonchev–Trinajstić information content (AvgIpc) is 3.42. The Morgan fingerprint density at radius 1 is 1.13 bits per heavy atom. The summed E-state index contributed by atoms with van der Waals surface area (Å²) in [5.41, 5.74) is 1.32. The number of rotatable bonds is 11. The zero-order valence-electron chi connectivity index (χ0n) is 21.4. The Kier molecular flexibility index (Phi) is 9.92. The minimum Gasteiger partial charge on any atom is -0.466 e. The van der Waals surface area contributed by atoms with Crippen LogP contribution in [0, 0.1) is 0 Å². The number of amides is 1. The lowest BCUT2D eigenvalue weighted by Crippen LogP contribution is -2.43. The fourth-order valence-corrected chi connectivity index (χ4v) is 4.95. The van der Waals surface area contributed by atoms with Gasteiger partial charge in [0.05, 0.1) is 62.5 Å². The summed E-state index contributed by atoms with van der Waals surface area (Å²) in [5, 5.41) is 8.52. The van der Waals surface area contributed by atoms with Crippen molar-refractivity contribution < 1.29 is 41.4 Å². The van der Waals surface area contributed by atoms with Gasteiger partial charge in [-0.2, -0.15) is 8.42 Å². The fraction of sp³-hybridized carbons (Fsp3) is 0.320. The number of allylic oxidation sites excluding steroid dienone is 1. The van der Waals surface area contributed by atoms with Crippen molar-refractivity contribution in [2.24, 2.45) is 5.14 Å². The van der Waals surface area contributed by atoms with Crippen LogP contribution in [-0.4, -0.2) is 64.0 Å². The zero-order chi connectivity index (χ0) is 28.7. The average molecular weight is 582 g/mol. The van der Waals surface area contributed by atoms with Gasteiger partial charge in [-0.3, -0.25) is 4.79 Å². The summed E-state index contributed by atoms with van der Waals surface area (Å²) in [4.78, 5) is 38.6. The van der Waals surface area contributed by atoms with E-state index in [2.05, 4.69) is 5.32 Å². The van der Waals surface area contributed by atoms with Gasteiger partial charge in [-0.1, -0.05) is 29.8 Å². The summed E-state index contributed by atoms with van der Waals surface area (Å²) in [7, 11) is -3.21. The Balaban J connectivity index is 1.94. The van der Waals surface area contributed by atoms with Crippen molar-refractivity contribution >= 4 is 39.7 Å². The Morgan fingerprint density at radius 3 is 2.44 bits per heavy atom. The van der Waals surface area contributed by atoms with E-state index in [1.54, 1.807) is 38.1 Å². The van der Waals surface area contributed by atoms with Crippen LogP contribution in [0.3, 0.4) is 0 Å². The van der Waals surface area contributed by atoms with E-state index in [0.717, 1.165) is 0 Å². The van der Waals surface area contributed by atoms with Gasteiger partial charge < -0.3 is 23.9 Å². The quantitative estimate of drug-likeness (QED) is 0.296. The molecule has 3 rings (SSSR count). The van der Waals surface area contributed by atoms with Crippen molar-refractivity contribution in [3.8, 4) is 0 Å². The number of carbonyl (C=O) groups excluding carboxylic acids is 3. The molecule has 0 bridgehead atoms. The predicted octanol–water partition coefficient (Wildman–Crippen LogP) is 2.25. The lowest BCUT2D eigenvalue weighted by molar-refractivity contribution is -0.139. The van der Waals surface area contributed by atoms with E-state index >= 15 is 0 Å². The normalized spacial score (nSPS) is 15.6. The summed E-state index contributed by atoms with van der Waals surface area (Å²) in [6.07, 6.45) is 1.22. The van der Waals surface area contributed by atoms with Gasteiger partial charge in [0.15, 0.2) is 5.76 Å². The van der Waals surface area contributed by atoms with E-state index in [-0.39, 0.29) is 42.4 Å². The van der Waals surface area contributed by atoms with Crippen LogP contribution in [0.5, 0.6) is 0 Å². The van der Waals surface area contributed by atoms with E-state index in [1.165, 1.54) is 25.5 Å². The zero-order valence-corrected chi connectivity index (χ0v) is 23.0. The standard InChI is InChI=1S/C25H28ClN3O9S/c1-4-37-25(32)22-18(14-36-13-11-29(39(27,33)34)23(30)19-10-7-12-38-19)28-15(2)20(24(31)35-3)21(22)16-8-5-6-9-17(16)26/h5-10,12,21,28H,4,11,13-14H2,1-3H3,(H2,27,33,34). The molecule has 1 aliphatic rings. The highest BCUT2D eigenvalue weighted by Gasteiger charge is 2.39. The molecule has 0 aliphatic carbocycles. The minimum absolute atomic E-state index is 0.0557. The van der Waals surface area contributed by atoms with Crippen molar-refractivity contribution in [2.45, 2.75) is 19.8 Å². The number of methoxy groups -OCH3 is 1. The second-order valence-electron chi connectivity index (χ2n) is 8.17. The molecule has 1 amide bonds. The number of ether oxygens (including phenoxy) is 3. The maximum atomic E-state index is 13.2. The first-order valence-electron chi connectivity index (χ1n) is 11.7. The first kappa shape index (κ1) is 29.9. The largest absolute Gasteiger partial charge is 0.466 e. The van der Waals surface area contributed by atoms with Gasteiger partial charge in [-0.15, -0.1) is 0 Å². The van der Waals surface area contributed by atoms with Crippen molar-refractivity contribution in [3.63, 3.8) is 0 Å². The summed E-state index contributed by atoms with van der Waals surface area (Å²) < 4.78 is 45.4. The molecule has 210 valence electrons. The molecule has 1 aromatic carbocycles. The van der Waals surface area contributed by atoms with Gasteiger partial charge in [0.1, 0.15) is 0 Å². The molecule has 0 fully saturated rings. The summed E-state index contributed by atoms with van der Waals surface area (Å²) in [6.45, 7) is 2.36. The first-order valence-corrected chi connectivity index (χ1v) is 13.6. The van der Waals surface area contributed by atoms with Crippen molar-refractivity contribution in [1.82, 2.24) is 9.62 Å². The number of carbonyl (C=O) groups is 3. The van der Waals surface area contributed by atoms with Crippen molar-refractivity contribution in [2.75, 3.05) is 33.5 Å². The third-order valence-electron chi connectivity index (χ3n) is 5.71. The van der Waals surface area contributed by atoms with Crippen LogP contribution in [0.1, 0.15) is 35.9 Å². The molecule has 3 N–H and O–H groups in total. The maximum Gasteiger partial charge on any atom is 0.336 e. The fourth-order valence-electron chi connectivity index (χ4n) is 4.05. The van der Waals surface area contributed by atoms with E-state index < -0.39 is 40.5 Å². The second kappa shape index (κ2) is 12.9.